The maximum atomic E-state index is 10.6. The second-order valence-corrected chi connectivity index (χ2v) is 4.05. The number of nitrogens with one attached hydrogen (secondary N) is 1. The third-order valence-electron chi connectivity index (χ3n) is 2.61. The summed E-state index contributed by atoms with van der Waals surface area (Å²) in [6, 6.07) is 2.11. The highest BCUT2D eigenvalue weighted by Gasteiger charge is 2.03. The monoisotopic (exact) mass is 252 g/mol. The van der Waals surface area contributed by atoms with E-state index in [1.807, 2.05) is 0 Å². The summed E-state index contributed by atoms with van der Waals surface area (Å²) in [6.07, 6.45) is 3.16. The molecule has 0 radical (unpaired) electrons. The fourth-order valence-electron chi connectivity index (χ4n) is 1.24. The van der Waals surface area contributed by atoms with Crippen molar-refractivity contribution in [2.75, 3.05) is 0 Å². The van der Waals surface area contributed by atoms with Crippen molar-refractivity contribution in [3.8, 4) is 0 Å². The Bertz CT molecular complexity index is 337. The van der Waals surface area contributed by atoms with Crippen LogP contribution in [-0.2, 0) is 22.4 Å². The van der Waals surface area contributed by atoms with Gasteiger partial charge in [0.2, 0.25) is 0 Å². The summed E-state index contributed by atoms with van der Waals surface area (Å²) in [5.41, 5.74) is 2.39. The van der Waals surface area contributed by atoms with Crippen LogP contribution in [0.2, 0.25) is 0 Å². The summed E-state index contributed by atoms with van der Waals surface area (Å²) in [7, 11) is 0. The average molecular weight is 252 g/mol. The predicted molar refractivity (Wildman–Crippen MR) is 72.6 cm³/mol. The number of ketones is 2. The van der Waals surface area contributed by atoms with Crippen LogP contribution in [0.3, 0.4) is 0 Å². The van der Waals surface area contributed by atoms with E-state index in [1.165, 1.54) is 5.69 Å². The molecule has 102 valence electrons. The van der Waals surface area contributed by atoms with Crippen LogP contribution < -0.4 is 0 Å². The third-order valence-corrected chi connectivity index (χ3v) is 2.61. The van der Waals surface area contributed by atoms with Gasteiger partial charge in [-0.3, -0.25) is 14.7 Å². The molecule has 0 amide bonds. The van der Waals surface area contributed by atoms with Crippen LogP contribution in [0.4, 0.5) is 0 Å². The second kappa shape index (κ2) is 9.57. The van der Waals surface area contributed by atoms with E-state index in [0.717, 1.165) is 18.5 Å². The summed E-state index contributed by atoms with van der Waals surface area (Å²) in [6.45, 7) is 7.76. The zero-order chi connectivity index (χ0) is 14.0. The van der Waals surface area contributed by atoms with Crippen molar-refractivity contribution < 1.29 is 9.59 Å². The summed E-state index contributed by atoms with van der Waals surface area (Å²) in [5.74, 6) is 0.0868. The highest BCUT2D eigenvalue weighted by molar-refractivity contribution is 5.98. The van der Waals surface area contributed by atoms with Gasteiger partial charge in [-0.05, 0) is 18.9 Å². The van der Waals surface area contributed by atoms with Crippen LogP contribution >= 0.6 is 0 Å². The Morgan fingerprint density at radius 3 is 1.89 bits per heavy atom. The molecule has 4 heteroatoms. The topological polar surface area (TPSA) is 62.8 Å². The Balaban J connectivity index is 0.000000321. The Morgan fingerprint density at radius 2 is 1.61 bits per heavy atom. The fourth-order valence-corrected chi connectivity index (χ4v) is 1.24. The van der Waals surface area contributed by atoms with Crippen LogP contribution in [0, 0.1) is 0 Å². The van der Waals surface area contributed by atoms with Crippen molar-refractivity contribution in [3.63, 3.8) is 0 Å². The molecule has 18 heavy (non-hydrogen) atoms. The highest BCUT2D eigenvalue weighted by Crippen LogP contribution is 1.99. The van der Waals surface area contributed by atoms with E-state index in [9.17, 15) is 9.59 Å². The van der Waals surface area contributed by atoms with Crippen LogP contribution in [-0.4, -0.2) is 21.8 Å². The minimum absolute atomic E-state index is 0.0434. The van der Waals surface area contributed by atoms with Crippen LogP contribution in [0.5, 0.6) is 0 Å². The molecule has 0 aromatic carbocycles. The van der Waals surface area contributed by atoms with Crippen LogP contribution in [0.25, 0.3) is 0 Å². The number of H-pyrrole nitrogens is 1. The highest BCUT2D eigenvalue weighted by atomic mass is 16.1. The molecular formula is C14H24N2O2. The Morgan fingerprint density at radius 1 is 1.06 bits per heavy atom. The van der Waals surface area contributed by atoms with Gasteiger partial charge in [0.05, 0.1) is 12.1 Å². The molecule has 1 N–H and O–H groups in total. The van der Waals surface area contributed by atoms with Gasteiger partial charge in [-0.25, -0.2) is 0 Å². The first-order chi connectivity index (χ1) is 8.57. The van der Waals surface area contributed by atoms with Crippen molar-refractivity contribution in [2.24, 2.45) is 0 Å². The quantitative estimate of drug-likeness (QED) is 0.792. The average Bonchev–Trinajstić information content (AvgIpc) is 2.87. The molecule has 0 fully saturated rings. The van der Waals surface area contributed by atoms with Gasteiger partial charge < -0.3 is 0 Å². The first-order valence-electron chi connectivity index (χ1n) is 6.63. The molecule has 0 unspecified atom stereocenters. The Kier molecular flexibility index (Phi) is 8.80. The van der Waals surface area contributed by atoms with Crippen LogP contribution in [0.15, 0.2) is 6.07 Å². The maximum Gasteiger partial charge on any atom is 0.139 e. The standard InChI is InChI=1S/C7H12N2.C7H12O2/c1-3-6-5-7(4-2)9-8-6;1-3-6(8)5-7(9)4-2/h5H,3-4H2,1-2H3,(H,8,9);3-5H2,1-2H3. The van der Waals surface area contributed by atoms with E-state index < -0.39 is 0 Å². The van der Waals surface area contributed by atoms with E-state index in [2.05, 4.69) is 30.1 Å². The van der Waals surface area contributed by atoms with Crippen molar-refractivity contribution in [2.45, 2.75) is 59.8 Å². The number of hydrogen-bond donors (Lipinski definition) is 1. The van der Waals surface area contributed by atoms with Crippen LogP contribution in [0.1, 0.15) is 58.3 Å². The minimum Gasteiger partial charge on any atom is -0.299 e. The lowest BCUT2D eigenvalue weighted by atomic mass is 10.1. The van der Waals surface area contributed by atoms with Gasteiger partial charge in [-0.15, -0.1) is 0 Å². The number of aromatic nitrogens is 2. The number of rotatable bonds is 6. The summed E-state index contributed by atoms with van der Waals surface area (Å²) < 4.78 is 0. The molecule has 0 spiro atoms. The van der Waals surface area contributed by atoms with Gasteiger partial charge in [0, 0.05) is 18.5 Å². The third kappa shape index (κ3) is 6.99. The molecule has 4 nitrogen and oxygen atoms in total. The number of aryl methyl sites for hydroxylation is 2. The minimum atomic E-state index is 0.0434. The summed E-state index contributed by atoms with van der Waals surface area (Å²) in [5, 5.41) is 7.04. The Hall–Kier alpha value is -1.45. The molecule has 0 atom stereocenters. The molecule has 1 rings (SSSR count). The van der Waals surface area contributed by atoms with E-state index >= 15 is 0 Å². The van der Waals surface area contributed by atoms with Gasteiger partial charge >= 0.3 is 0 Å². The van der Waals surface area contributed by atoms with E-state index in [0.29, 0.717) is 12.8 Å². The normalized spacial score (nSPS) is 9.56. The van der Waals surface area contributed by atoms with E-state index in [-0.39, 0.29) is 18.0 Å². The lowest BCUT2D eigenvalue weighted by Crippen LogP contribution is -2.04. The molecule has 1 aromatic rings. The molecule has 0 aliphatic heterocycles. The van der Waals surface area contributed by atoms with Gasteiger partial charge in [0.25, 0.3) is 0 Å². The molecule has 0 aliphatic rings. The first-order valence-corrected chi connectivity index (χ1v) is 6.63. The maximum absolute atomic E-state index is 10.6. The number of carbonyl (C=O) groups excluding carboxylic acids is 2. The summed E-state index contributed by atoms with van der Waals surface area (Å²) >= 11 is 0. The molecule has 0 bridgehead atoms. The first kappa shape index (κ1) is 16.6. The van der Waals surface area contributed by atoms with Gasteiger partial charge in [-0.1, -0.05) is 27.7 Å². The van der Waals surface area contributed by atoms with Crippen molar-refractivity contribution in [1.82, 2.24) is 10.2 Å². The van der Waals surface area contributed by atoms with Crippen molar-refractivity contribution in [3.05, 3.63) is 17.5 Å². The lowest BCUT2D eigenvalue weighted by molar-refractivity contribution is -0.126. The summed E-state index contributed by atoms with van der Waals surface area (Å²) in [4.78, 5) is 21.1. The fraction of sp³-hybridized carbons (Fsp3) is 0.643. The SMILES string of the molecule is CCC(=O)CC(=O)CC.CCc1cc(CC)[nH]n1. The number of nitrogens with zero attached hydrogens (tertiary/aromatic N) is 1. The van der Waals surface area contributed by atoms with Crippen molar-refractivity contribution in [1.29, 1.82) is 0 Å². The second-order valence-electron chi connectivity index (χ2n) is 4.05. The largest absolute Gasteiger partial charge is 0.299 e. The molecule has 1 heterocycles. The van der Waals surface area contributed by atoms with Gasteiger partial charge in [-0.2, -0.15) is 5.10 Å². The number of Topliss-reactive ketones (excluding diaryl/α,β-unsaturated/α-hetero) is 2. The molecule has 0 saturated carbocycles. The smallest absolute Gasteiger partial charge is 0.139 e. The predicted octanol–water partition coefficient (Wildman–Crippen LogP) is 2.87. The molecule has 0 saturated heterocycles. The zero-order valence-electron chi connectivity index (χ0n) is 11.9. The number of hydrogen-bond acceptors (Lipinski definition) is 3. The zero-order valence-corrected chi connectivity index (χ0v) is 11.9. The lowest BCUT2D eigenvalue weighted by Gasteiger charge is -1.91. The van der Waals surface area contributed by atoms with Crippen molar-refractivity contribution >= 4 is 11.6 Å². The Labute approximate surface area is 109 Å². The van der Waals surface area contributed by atoms with E-state index in [1.54, 1.807) is 13.8 Å². The van der Waals surface area contributed by atoms with E-state index in [4.69, 9.17) is 0 Å². The van der Waals surface area contributed by atoms with Gasteiger partial charge in [0.1, 0.15) is 11.6 Å². The molecule has 0 aliphatic carbocycles. The number of aromatic amines is 1. The molecular weight excluding hydrogens is 228 g/mol. The van der Waals surface area contributed by atoms with Gasteiger partial charge in [0.15, 0.2) is 0 Å². The molecule has 1 aromatic heterocycles. The number of carbonyl (C=O) groups is 2.